The lowest BCUT2D eigenvalue weighted by Gasteiger charge is -2.01. The molecule has 0 fully saturated rings. The van der Waals surface area contributed by atoms with E-state index < -0.39 is 11.8 Å². The molecule has 0 amide bonds. The normalized spacial score (nSPS) is 15.3. The number of nitrogens with zero attached hydrogens (tertiary/aromatic N) is 1. The molecule has 0 bridgehead atoms. The Morgan fingerprint density at radius 2 is 1.96 bits per heavy atom. The second-order valence-corrected chi connectivity index (χ2v) is 5.30. The summed E-state index contributed by atoms with van der Waals surface area (Å²) in [5.74, 6) is -0.483. The zero-order valence-electron chi connectivity index (χ0n) is 13.2. The van der Waals surface area contributed by atoms with Crippen molar-refractivity contribution in [3.63, 3.8) is 0 Å². The third-order valence-electron chi connectivity index (χ3n) is 3.61. The number of carbonyl (C=O) groups is 1. The molecular formula is C19H16FNO3. The number of aryl methyl sites for hydroxylation is 1. The Hall–Kier alpha value is -2.95. The van der Waals surface area contributed by atoms with Gasteiger partial charge in [-0.05, 0) is 35.8 Å². The number of carbonyl (C=O) groups excluding carboxylic acids is 1. The van der Waals surface area contributed by atoms with Gasteiger partial charge in [-0.1, -0.05) is 36.4 Å². The molecule has 0 N–H and O–H groups in total. The van der Waals surface area contributed by atoms with Crippen LogP contribution >= 0.6 is 0 Å². The monoisotopic (exact) mass is 325 g/mol. The number of halogens is 1. The molecule has 4 nitrogen and oxygen atoms in total. The third-order valence-corrected chi connectivity index (χ3v) is 3.61. The molecule has 3 rings (SSSR count). The van der Waals surface area contributed by atoms with E-state index in [9.17, 15) is 9.18 Å². The summed E-state index contributed by atoms with van der Waals surface area (Å²) in [6.07, 6.45) is 2.77. The van der Waals surface area contributed by atoms with E-state index in [1.165, 1.54) is 25.3 Å². The van der Waals surface area contributed by atoms with Crippen LogP contribution in [0, 0.1) is 5.82 Å². The molecule has 0 atom stereocenters. The highest BCUT2D eigenvalue weighted by molar-refractivity contribution is 6.07. The highest BCUT2D eigenvalue weighted by Crippen LogP contribution is 2.22. The summed E-state index contributed by atoms with van der Waals surface area (Å²) in [6, 6.07) is 14.3. The van der Waals surface area contributed by atoms with Crippen molar-refractivity contribution in [3.05, 3.63) is 71.2 Å². The van der Waals surface area contributed by atoms with Gasteiger partial charge >= 0.3 is 5.97 Å². The number of rotatable bonds is 5. The quantitative estimate of drug-likeness (QED) is 0.621. The maximum Gasteiger partial charge on any atom is 0.363 e. The van der Waals surface area contributed by atoms with Crippen LogP contribution in [0.5, 0.6) is 5.75 Å². The lowest BCUT2D eigenvalue weighted by molar-refractivity contribution is -0.130. The zero-order chi connectivity index (χ0) is 16.9. The Morgan fingerprint density at radius 3 is 2.67 bits per heavy atom. The minimum atomic E-state index is -0.519. The number of ether oxygens (including phenoxy) is 2. The molecule has 24 heavy (non-hydrogen) atoms. The van der Waals surface area contributed by atoms with Gasteiger partial charge in [0.1, 0.15) is 0 Å². The summed E-state index contributed by atoms with van der Waals surface area (Å²) in [6.45, 7) is 0. The van der Waals surface area contributed by atoms with Crippen LogP contribution < -0.4 is 4.74 Å². The van der Waals surface area contributed by atoms with E-state index >= 15 is 0 Å². The maximum atomic E-state index is 13.7. The molecule has 5 heteroatoms. The molecule has 122 valence electrons. The molecule has 0 aliphatic carbocycles. The van der Waals surface area contributed by atoms with E-state index in [2.05, 4.69) is 4.99 Å². The van der Waals surface area contributed by atoms with Gasteiger partial charge in [0.15, 0.2) is 23.2 Å². The molecule has 1 aliphatic heterocycles. The zero-order valence-corrected chi connectivity index (χ0v) is 13.2. The molecule has 0 saturated heterocycles. The van der Waals surface area contributed by atoms with Crippen molar-refractivity contribution in [1.29, 1.82) is 0 Å². The number of esters is 1. The molecule has 0 radical (unpaired) electrons. The Morgan fingerprint density at radius 1 is 1.17 bits per heavy atom. The topological polar surface area (TPSA) is 47.9 Å². The first-order valence-corrected chi connectivity index (χ1v) is 7.54. The molecular weight excluding hydrogens is 309 g/mol. The smallest absolute Gasteiger partial charge is 0.363 e. The van der Waals surface area contributed by atoms with Crippen LogP contribution in [0.1, 0.15) is 17.5 Å². The Labute approximate surface area is 139 Å². The van der Waals surface area contributed by atoms with Crippen LogP contribution in [0.25, 0.3) is 6.08 Å². The second-order valence-electron chi connectivity index (χ2n) is 5.30. The third kappa shape index (κ3) is 3.68. The van der Waals surface area contributed by atoms with Gasteiger partial charge < -0.3 is 9.47 Å². The van der Waals surface area contributed by atoms with Crippen LogP contribution in [0.15, 0.2) is 59.2 Å². The minimum absolute atomic E-state index is 0.151. The summed E-state index contributed by atoms with van der Waals surface area (Å²) in [4.78, 5) is 16.1. The van der Waals surface area contributed by atoms with Gasteiger partial charge in [0, 0.05) is 6.42 Å². The van der Waals surface area contributed by atoms with Crippen molar-refractivity contribution in [2.24, 2.45) is 4.99 Å². The lowest BCUT2D eigenvalue weighted by atomic mass is 10.1. The summed E-state index contributed by atoms with van der Waals surface area (Å²) >= 11 is 0. The van der Waals surface area contributed by atoms with Crippen LogP contribution in [0.2, 0.25) is 0 Å². The average Bonchev–Trinajstić information content (AvgIpc) is 2.94. The van der Waals surface area contributed by atoms with E-state index in [1.807, 2.05) is 30.3 Å². The number of hydrogen-bond donors (Lipinski definition) is 0. The SMILES string of the molecule is COc1ccc(/C=C2/N=C(CCc3ccccc3)OC2=O)cc1F. The van der Waals surface area contributed by atoms with E-state index in [0.29, 0.717) is 17.9 Å². The minimum Gasteiger partial charge on any atom is -0.494 e. The molecule has 0 saturated carbocycles. The molecule has 0 spiro atoms. The molecule has 1 aliphatic rings. The van der Waals surface area contributed by atoms with Crippen molar-refractivity contribution in [3.8, 4) is 5.75 Å². The second kappa shape index (κ2) is 7.08. The number of hydrogen-bond acceptors (Lipinski definition) is 4. The predicted octanol–water partition coefficient (Wildman–Crippen LogP) is 3.76. The van der Waals surface area contributed by atoms with Crippen LogP contribution in [0.3, 0.4) is 0 Å². The standard InChI is InChI=1S/C19H16FNO3/c1-23-17-9-7-14(11-15(17)20)12-16-19(22)24-18(21-16)10-8-13-5-3-2-4-6-13/h2-7,9,11-12H,8,10H2,1H3/b16-12+. The first-order valence-electron chi connectivity index (χ1n) is 7.54. The van der Waals surface area contributed by atoms with Gasteiger partial charge in [0.25, 0.3) is 0 Å². The van der Waals surface area contributed by atoms with Gasteiger partial charge in [-0.25, -0.2) is 14.2 Å². The van der Waals surface area contributed by atoms with Crippen molar-refractivity contribution >= 4 is 17.9 Å². The number of cyclic esters (lactones) is 1. The van der Waals surface area contributed by atoms with Crippen LogP contribution in [-0.2, 0) is 16.0 Å². The number of benzene rings is 2. The largest absolute Gasteiger partial charge is 0.494 e. The van der Waals surface area contributed by atoms with Gasteiger partial charge in [-0.2, -0.15) is 0 Å². The highest BCUT2D eigenvalue weighted by atomic mass is 19.1. The summed E-state index contributed by atoms with van der Waals surface area (Å²) in [5.41, 5.74) is 1.84. The summed E-state index contributed by atoms with van der Waals surface area (Å²) < 4.78 is 23.7. The van der Waals surface area contributed by atoms with Crippen molar-refractivity contribution in [1.82, 2.24) is 0 Å². The van der Waals surface area contributed by atoms with E-state index in [1.54, 1.807) is 6.07 Å². The Kier molecular flexibility index (Phi) is 4.70. The van der Waals surface area contributed by atoms with Crippen molar-refractivity contribution in [2.75, 3.05) is 7.11 Å². The Bertz CT molecular complexity index is 813. The first kappa shape index (κ1) is 15.9. The molecule has 2 aromatic rings. The summed E-state index contributed by atoms with van der Waals surface area (Å²) in [7, 11) is 1.40. The van der Waals surface area contributed by atoms with E-state index in [0.717, 1.165) is 12.0 Å². The number of aliphatic imine (C=N–C) groups is 1. The molecule has 0 unspecified atom stereocenters. The lowest BCUT2D eigenvalue weighted by Crippen LogP contribution is -2.05. The average molecular weight is 325 g/mol. The fraction of sp³-hybridized carbons (Fsp3) is 0.158. The summed E-state index contributed by atoms with van der Waals surface area (Å²) in [5, 5.41) is 0. The molecule has 0 aromatic heterocycles. The van der Waals surface area contributed by atoms with E-state index in [4.69, 9.17) is 9.47 Å². The first-order chi connectivity index (χ1) is 11.7. The van der Waals surface area contributed by atoms with Crippen LogP contribution in [-0.4, -0.2) is 19.0 Å². The fourth-order valence-electron chi connectivity index (χ4n) is 2.39. The van der Waals surface area contributed by atoms with Crippen molar-refractivity contribution in [2.45, 2.75) is 12.8 Å². The van der Waals surface area contributed by atoms with Crippen molar-refractivity contribution < 1.29 is 18.7 Å². The molecule has 1 heterocycles. The predicted molar refractivity (Wildman–Crippen MR) is 89.2 cm³/mol. The van der Waals surface area contributed by atoms with Gasteiger partial charge in [-0.3, -0.25) is 0 Å². The van der Waals surface area contributed by atoms with Gasteiger partial charge in [-0.15, -0.1) is 0 Å². The maximum absolute atomic E-state index is 13.7. The number of methoxy groups -OCH3 is 1. The van der Waals surface area contributed by atoms with Gasteiger partial charge in [0.2, 0.25) is 0 Å². The highest BCUT2D eigenvalue weighted by Gasteiger charge is 2.22. The molecule has 2 aromatic carbocycles. The van der Waals surface area contributed by atoms with Gasteiger partial charge in [0.05, 0.1) is 7.11 Å². The van der Waals surface area contributed by atoms with Crippen LogP contribution in [0.4, 0.5) is 4.39 Å². The fourth-order valence-corrected chi connectivity index (χ4v) is 2.39. The van der Waals surface area contributed by atoms with E-state index in [-0.39, 0.29) is 11.4 Å². The Balaban J connectivity index is 1.72.